The molecule has 0 spiro atoms. The summed E-state index contributed by atoms with van der Waals surface area (Å²) < 4.78 is 29.7. The Labute approximate surface area is 226 Å². The summed E-state index contributed by atoms with van der Waals surface area (Å²) in [5.74, 6) is 0.959. The van der Waals surface area contributed by atoms with Crippen molar-refractivity contribution in [3.05, 3.63) is 48.8 Å². The molecule has 12 nitrogen and oxygen atoms in total. The first-order valence-corrected chi connectivity index (χ1v) is 15.4. The molecular formula is C23H26IN7O5S. The van der Waals surface area contributed by atoms with Crippen LogP contribution in [0.1, 0.15) is 6.42 Å². The van der Waals surface area contributed by atoms with E-state index >= 15 is 0 Å². The lowest BCUT2D eigenvalue weighted by atomic mass is 10.2. The van der Waals surface area contributed by atoms with E-state index in [1.807, 2.05) is 18.2 Å². The number of halogens is 1. The number of methoxy groups -OCH3 is 1. The molecule has 1 fully saturated rings. The molecular weight excluding hydrogens is 613 g/mol. The Morgan fingerprint density at radius 1 is 1.05 bits per heavy atom. The largest absolute Gasteiger partial charge is 0.494 e. The number of hydrogen-bond donors (Lipinski definition) is 3. The molecule has 1 aromatic heterocycles. The lowest BCUT2D eigenvalue weighted by Gasteiger charge is -2.36. The molecule has 1 amide bonds. The third kappa shape index (κ3) is 6.75. The van der Waals surface area contributed by atoms with Gasteiger partial charge >= 0.3 is 0 Å². The van der Waals surface area contributed by atoms with Gasteiger partial charge in [-0.15, -0.1) is 0 Å². The number of anilines is 5. The van der Waals surface area contributed by atoms with Gasteiger partial charge in [-0.2, -0.15) is 4.98 Å². The highest BCUT2D eigenvalue weighted by Crippen LogP contribution is 2.32. The van der Waals surface area contributed by atoms with Gasteiger partial charge in [0.1, 0.15) is 17.0 Å². The number of amides is 1. The zero-order valence-corrected chi connectivity index (χ0v) is 22.9. The Morgan fingerprint density at radius 2 is 1.73 bits per heavy atom. The van der Waals surface area contributed by atoms with Crippen LogP contribution in [0, 0.1) is 0 Å². The summed E-state index contributed by atoms with van der Waals surface area (Å²) in [6.45, 7) is 2.37. The third-order valence-electron chi connectivity index (χ3n) is 5.72. The zero-order valence-electron chi connectivity index (χ0n) is 20.0. The lowest BCUT2D eigenvalue weighted by molar-refractivity contribution is -0.132. The van der Waals surface area contributed by atoms with E-state index in [1.54, 1.807) is 30.2 Å². The number of ether oxygens (including phenoxy) is 1. The van der Waals surface area contributed by atoms with E-state index in [0.717, 1.165) is 5.69 Å². The van der Waals surface area contributed by atoms with Crippen molar-refractivity contribution in [2.24, 2.45) is 0 Å². The Morgan fingerprint density at radius 3 is 2.38 bits per heavy atom. The van der Waals surface area contributed by atoms with E-state index in [1.165, 1.54) is 33.6 Å². The van der Waals surface area contributed by atoms with Crippen LogP contribution in [0.3, 0.4) is 0 Å². The van der Waals surface area contributed by atoms with Gasteiger partial charge < -0.3 is 30.3 Å². The number of carbonyl (C=O) groups is 1. The first kappa shape index (κ1) is 26.8. The van der Waals surface area contributed by atoms with E-state index in [9.17, 15) is 13.2 Å². The minimum absolute atomic E-state index is 0.0371. The van der Waals surface area contributed by atoms with Gasteiger partial charge in [0.2, 0.25) is 24.8 Å². The van der Waals surface area contributed by atoms with Crippen LogP contribution >= 0.6 is 21.2 Å². The Hall–Kier alpha value is -3.24. The van der Waals surface area contributed by atoms with Crippen molar-refractivity contribution in [1.82, 2.24) is 19.9 Å². The molecule has 1 aliphatic rings. The Balaban J connectivity index is 1.47. The van der Waals surface area contributed by atoms with Crippen LogP contribution in [0.2, 0.25) is 0 Å². The van der Waals surface area contributed by atoms with Gasteiger partial charge in [0.25, 0.3) is 0 Å². The second-order valence-corrected chi connectivity index (χ2v) is 12.8. The minimum atomic E-state index is -3.47. The number of hydrogen-bond acceptors (Lipinski definition) is 11. The molecule has 0 unspecified atom stereocenters. The van der Waals surface area contributed by atoms with Crippen molar-refractivity contribution in [1.29, 1.82) is 0 Å². The topological polar surface area (TPSA) is 150 Å². The van der Waals surface area contributed by atoms with Gasteiger partial charge in [-0.1, -0.05) is 12.1 Å². The van der Waals surface area contributed by atoms with Crippen molar-refractivity contribution in [2.45, 2.75) is 11.3 Å². The number of aliphatic hydroxyl groups excluding tert-OH is 1. The molecule has 0 atom stereocenters. The van der Waals surface area contributed by atoms with Crippen LogP contribution in [0.5, 0.6) is 5.75 Å². The maximum absolute atomic E-state index is 12.1. The number of rotatable bonds is 9. The molecule has 1 aliphatic heterocycles. The minimum Gasteiger partial charge on any atom is -0.494 e. The fraction of sp³-hybridized carbons (Fsp3) is 0.304. The van der Waals surface area contributed by atoms with Gasteiger partial charge in [-0.3, -0.25) is 4.79 Å². The highest BCUT2D eigenvalue weighted by Gasteiger charge is 2.22. The van der Waals surface area contributed by atoms with Crippen LogP contribution in [0.15, 0.2) is 53.7 Å². The van der Waals surface area contributed by atoms with E-state index < -0.39 is 7.01 Å². The monoisotopic (exact) mass is 639 g/mol. The standard InChI is InChI=1S/C23H26IN7O5S/c1-36-19-14-16(30-9-11-31(12-10-30)21(33)8-13-32)6-7-17(19)27-22-25-15-26-23(29-22)28-18-4-2-3-5-20(18)37(24,34)35/h2-7,14-15,32H,8-13H2,1H3,(H2,25,26,27,28,29). The number of aromatic nitrogens is 3. The summed E-state index contributed by atoms with van der Waals surface area (Å²) in [4.78, 5) is 28.7. The molecule has 2 aromatic carbocycles. The number of piperazine rings is 1. The zero-order chi connectivity index (χ0) is 26.4. The molecule has 3 aromatic rings. The molecule has 37 heavy (non-hydrogen) atoms. The number of benzene rings is 2. The van der Waals surface area contributed by atoms with E-state index in [2.05, 4.69) is 30.5 Å². The van der Waals surface area contributed by atoms with Gasteiger partial charge in [-0.25, -0.2) is 18.4 Å². The van der Waals surface area contributed by atoms with Crippen molar-refractivity contribution in [3.8, 4) is 5.75 Å². The molecule has 2 heterocycles. The molecule has 3 N–H and O–H groups in total. The predicted octanol–water partition coefficient (Wildman–Crippen LogP) is 2.52. The smallest absolute Gasteiger partial charge is 0.233 e. The van der Waals surface area contributed by atoms with E-state index in [-0.39, 0.29) is 35.7 Å². The van der Waals surface area contributed by atoms with Crippen molar-refractivity contribution < 1.29 is 23.1 Å². The summed E-state index contributed by atoms with van der Waals surface area (Å²) in [6.07, 6.45) is 1.46. The van der Waals surface area contributed by atoms with Crippen molar-refractivity contribution in [3.63, 3.8) is 0 Å². The summed E-state index contributed by atoms with van der Waals surface area (Å²) >= 11 is 1.39. The van der Waals surface area contributed by atoms with Crippen LogP contribution in [0.25, 0.3) is 0 Å². The van der Waals surface area contributed by atoms with Gasteiger partial charge in [-0.05, 0) is 24.3 Å². The molecule has 0 saturated carbocycles. The second-order valence-electron chi connectivity index (χ2n) is 8.04. The molecule has 0 radical (unpaired) electrons. The fourth-order valence-electron chi connectivity index (χ4n) is 3.89. The SMILES string of the molecule is COc1cc(N2CCN(C(=O)CCO)CC2)ccc1Nc1ncnc(Nc2ccccc2S(=O)(=O)I)n1. The third-order valence-corrected chi connectivity index (χ3v) is 8.03. The Kier molecular flexibility index (Phi) is 8.60. The van der Waals surface area contributed by atoms with Gasteiger partial charge in [0.05, 0.1) is 46.3 Å². The quantitative estimate of drug-likeness (QED) is 0.234. The number of aliphatic hydroxyl groups is 1. The van der Waals surface area contributed by atoms with Crippen LogP contribution in [-0.4, -0.2) is 79.2 Å². The van der Waals surface area contributed by atoms with Crippen molar-refractivity contribution >= 4 is 63.1 Å². The van der Waals surface area contributed by atoms with Crippen molar-refractivity contribution in [2.75, 3.05) is 55.4 Å². The maximum atomic E-state index is 12.1. The van der Waals surface area contributed by atoms with Gasteiger partial charge in [0, 0.05) is 44.4 Å². The number of para-hydroxylation sites is 1. The summed E-state index contributed by atoms with van der Waals surface area (Å²) in [7, 11) is -1.91. The van der Waals surface area contributed by atoms with Crippen LogP contribution in [0.4, 0.5) is 29.0 Å². The molecule has 1 saturated heterocycles. The van der Waals surface area contributed by atoms with Gasteiger partial charge in [0.15, 0.2) is 0 Å². The average molecular weight is 639 g/mol. The number of carbonyl (C=O) groups excluding carboxylic acids is 1. The predicted molar refractivity (Wildman–Crippen MR) is 148 cm³/mol. The molecule has 14 heteroatoms. The van der Waals surface area contributed by atoms with E-state index in [4.69, 9.17) is 9.84 Å². The second kappa shape index (κ2) is 11.9. The normalized spacial score (nSPS) is 13.8. The number of nitrogens with one attached hydrogen (secondary N) is 2. The first-order chi connectivity index (χ1) is 17.8. The fourth-order valence-corrected chi connectivity index (χ4v) is 5.66. The maximum Gasteiger partial charge on any atom is 0.233 e. The highest BCUT2D eigenvalue weighted by atomic mass is 127. The van der Waals surface area contributed by atoms with E-state index in [0.29, 0.717) is 43.3 Å². The number of nitrogens with zero attached hydrogens (tertiary/aromatic N) is 5. The summed E-state index contributed by atoms with van der Waals surface area (Å²) in [6, 6.07) is 12.2. The highest BCUT2D eigenvalue weighted by molar-refractivity contribution is 14.2. The summed E-state index contributed by atoms with van der Waals surface area (Å²) in [5, 5.41) is 15.1. The summed E-state index contributed by atoms with van der Waals surface area (Å²) in [5.41, 5.74) is 1.94. The van der Waals surface area contributed by atoms with Crippen LogP contribution in [-0.2, 0) is 11.8 Å². The Bertz CT molecular complexity index is 1370. The molecule has 0 aliphatic carbocycles. The lowest BCUT2D eigenvalue weighted by Crippen LogP contribution is -2.48. The average Bonchev–Trinajstić information content (AvgIpc) is 2.89. The van der Waals surface area contributed by atoms with Crippen LogP contribution < -0.4 is 20.3 Å². The molecule has 196 valence electrons. The molecule has 0 bridgehead atoms. The molecule has 4 rings (SSSR count). The first-order valence-electron chi connectivity index (χ1n) is 11.4.